The molecule has 1 unspecified atom stereocenters. The molecule has 27 heavy (non-hydrogen) atoms. The largest absolute Gasteiger partial charge is 0.487 e. The number of ether oxygens (including phenoxy) is 1. The van der Waals surface area contributed by atoms with Crippen molar-refractivity contribution in [1.82, 2.24) is 9.88 Å². The summed E-state index contributed by atoms with van der Waals surface area (Å²) in [7, 11) is 1.84. The lowest BCUT2D eigenvalue weighted by atomic mass is 9.77. The van der Waals surface area contributed by atoms with Gasteiger partial charge in [-0.3, -0.25) is 9.59 Å². The Labute approximate surface area is 159 Å². The highest BCUT2D eigenvalue weighted by Gasteiger charge is 2.42. The van der Waals surface area contributed by atoms with Gasteiger partial charge in [0.05, 0.1) is 6.04 Å². The Morgan fingerprint density at radius 2 is 1.96 bits per heavy atom. The molecule has 1 aliphatic carbocycles. The van der Waals surface area contributed by atoms with Gasteiger partial charge in [-0.15, -0.1) is 0 Å². The first-order chi connectivity index (χ1) is 13.0. The number of para-hydroxylation sites is 1. The molecule has 2 aliphatic rings. The van der Waals surface area contributed by atoms with E-state index in [9.17, 15) is 9.59 Å². The second kappa shape index (κ2) is 6.87. The van der Waals surface area contributed by atoms with Crippen LogP contribution in [0, 0.1) is 6.92 Å². The highest BCUT2D eigenvalue weighted by Crippen LogP contribution is 2.46. The second-order valence-electron chi connectivity index (χ2n) is 7.92. The number of pyridine rings is 1. The molecule has 1 atom stereocenters. The van der Waals surface area contributed by atoms with Crippen LogP contribution >= 0.6 is 0 Å². The molecule has 0 radical (unpaired) electrons. The zero-order valence-corrected chi connectivity index (χ0v) is 16.0. The van der Waals surface area contributed by atoms with Crippen molar-refractivity contribution in [1.29, 1.82) is 0 Å². The summed E-state index contributed by atoms with van der Waals surface area (Å²) < 4.78 is 8.22. The van der Waals surface area contributed by atoms with Gasteiger partial charge in [-0.25, -0.2) is 0 Å². The molecule has 4 rings (SSSR count). The minimum atomic E-state index is -0.316. The fourth-order valence-electron chi connectivity index (χ4n) is 4.38. The SMILES string of the molecule is Cc1cc(=O)c(C(=O)NC2CC3(CCCCC3)Oc3ccccc32)cn1C. The van der Waals surface area contributed by atoms with E-state index < -0.39 is 0 Å². The van der Waals surface area contributed by atoms with E-state index >= 15 is 0 Å². The summed E-state index contributed by atoms with van der Waals surface area (Å²) in [5.41, 5.74) is 1.56. The van der Waals surface area contributed by atoms with Crippen LogP contribution in [0.2, 0.25) is 0 Å². The smallest absolute Gasteiger partial charge is 0.257 e. The Morgan fingerprint density at radius 3 is 2.74 bits per heavy atom. The van der Waals surface area contributed by atoms with Gasteiger partial charge in [0.15, 0.2) is 5.43 Å². The molecular formula is C22H26N2O3. The Balaban J connectivity index is 1.65. The van der Waals surface area contributed by atoms with Crippen LogP contribution in [0.4, 0.5) is 0 Å². The third-order valence-corrected chi connectivity index (χ3v) is 6.00. The number of benzene rings is 1. The lowest BCUT2D eigenvalue weighted by Crippen LogP contribution is -2.46. The predicted octanol–water partition coefficient (Wildman–Crippen LogP) is 3.65. The predicted molar refractivity (Wildman–Crippen MR) is 104 cm³/mol. The third-order valence-electron chi connectivity index (χ3n) is 6.00. The molecule has 1 aromatic carbocycles. The minimum absolute atomic E-state index is 0.147. The van der Waals surface area contributed by atoms with Gasteiger partial charge in [0.25, 0.3) is 5.91 Å². The molecule has 1 spiro atoms. The molecule has 1 fully saturated rings. The van der Waals surface area contributed by atoms with Gasteiger partial charge in [-0.2, -0.15) is 0 Å². The average Bonchev–Trinajstić information content (AvgIpc) is 2.65. The summed E-state index contributed by atoms with van der Waals surface area (Å²) in [6.07, 6.45) is 7.95. The molecule has 1 N–H and O–H groups in total. The molecule has 2 heterocycles. The van der Waals surface area contributed by atoms with E-state index in [1.165, 1.54) is 12.5 Å². The van der Waals surface area contributed by atoms with Crippen molar-refractivity contribution in [2.75, 3.05) is 0 Å². The number of carbonyl (C=O) groups is 1. The van der Waals surface area contributed by atoms with Gasteiger partial charge in [0.1, 0.15) is 16.9 Å². The van der Waals surface area contributed by atoms with Crippen molar-refractivity contribution in [3.8, 4) is 5.75 Å². The van der Waals surface area contributed by atoms with E-state index in [0.717, 1.165) is 49.1 Å². The Morgan fingerprint density at radius 1 is 1.22 bits per heavy atom. The molecule has 0 bridgehead atoms. The maximum Gasteiger partial charge on any atom is 0.257 e. The lowest BCUT2D eigenvalue weighted by Gasteiger charge is -2.44. The van der Waals surface area contributed by atoms with Gasteiger partial charge in [0.2, 0.25) is 0 Å². The van der Waals surface area contributed by atoms with Crippen LogP contribution in [0.1, 0.15) is 66.2 Å². The van der Waals surface area contributed by atoms with E-state index in [1.54, 1.807) is 10.8 Å². The Kier molecular flexibility index (Phi) is 4.54. The number of aryl methyl sites for hydroxylation is 2. The van der Waals surface area contributed by atoms with Crippen LogP contribution < -0.4 is 15.5 Å². The topological polar surface area (TPSA) is 60.3 Å². The number of hydrogen-bond donors (Lipinski definition) is 1. The number of nitrogens with zero attached hydrogens (tertiary/aromatic N) is 1. The van der Waals surface area contributed by atoms with Crippen LogP contribution in [0.15, 0.2) is 41.3 Å². The summed E-state index contributed by atoms with van der Waals surface area (Å²) in [5, 5.41) is 3.12. The Hall–Kier alpha value is -2.56. The first-order valence-electron chi connectivity index (χ1n) is 9.74. The quantitative estimate of drug-likeness (QED) is 0.882. The molecule has 1 amide bonds. The maximum absolute atomic E-state index is 12.9. The van der Waals surface area contributed by atoms with Gasteiger partial charge >= 0.3 is 0 Å². The molecule has 2 aromatic rings. The number of fused-ring (bicyclic) bond motifs is 1. The fourth-order valence-corrected chi connectivity index (χ4v) is 4.38. The molecule has 1 saturated carbocycles. The monoisotopic (exact) mass is 366 g/mol. The summed E-state index contributed by atoms with van der Waals surface area (Å²) in [6.45, 7) is 1.85. The van der Waals surface area contributed by atoms with E-state index in [0.29, 0.717) is 0 Å². The van der Waals surface area contributed by atoms with Crippen LogP contribution in [-0.4, -0.2) is 16.1 Å². The second-order valence-corrected chi connectivity index (χ2v) is 7.92. The number of hydrogen-bond acceptors (Lipinski definition) is 3. The highest BCUT2D eigenvalue weighted by atomic mass is 16.5. The summed E-state index contributed by atoms with van der Waals surface area (Å²) >= 11 is 0. The summed E-state index contributed by atoms with van der Waals surface area (Å²) in [5.74, 6) is 0.538. The first-order valence-corrected chi connectivity index (χ1v) is 9.74. The van der Waals surface area contributed by atoms with Crippen molar-refractivity contribution in [2.45, 2.75) is 57.1 Å². The molecule has 1 aromatic heterocycles. The maximum atomic E-state index is 12.9. The summed E-state index contributed by atoms with van der Waals surface area (Å²) in [6, 6.07) is 9.28. The van der Waals surface area contributed by atoms with Crippen LogP contribution in [0.5, 0.6) is 5.75 Å². The van der Waals surface area contributed by atoms with Gasteiger partial charge < -0.3 is 14.6 Å². The lowest BCUT2D eigenvalue weighted by molar-refractivity contribution is -0.00210. The van der Waals surface area contributed by atoms with Crippen molar-refractivity contribution < 1.29 is 9.53 Å². The first kappa shape index (κ1) is 17.8. The number of nitrogens with one attached hydrogen (secondary N) is 1. The van der Waals surface area contributed by atoms with E-state index in [-0.39, 0.29) is 28.5 Å². The van der Waals surface area contributed by atoms with Gasteiger partial charge in [-0.05, 0) is 38.7 Å². The molecular weight excluding hydrogens is 340 g/mol. The van der Waals surface area contributed by atoms with Crippen LogP contribution in [-0.2, 0) is 7.05 Å². The molecule has 1 aliphatic heterocycles. The van der Waals surface area contributed by atoms with E-state index in [4.69, 9.17) is 4.74 Å². The third kappa shape index (κ3) is 3.38. The van der Waals surface area contributed by atoms with E-state index in [1.807, 2.05) is 38.2 Å². The average molecular weight is 366 g/mol. The van der Waals surface area contributed by atoms with Crippen molar-refractivity contribution >= 4 is 5.91 Å². The van der Waals surface area contributed by atoms with Crippen molar-refractivity contribution in [2.24, 2.45) is 7.05 Å². The molecule has 0 saturated heterocycles. The summed E-state index contributed by atoms with van der Waals surface area (Å²) in [4.78, 5) is 25.2. The molecule has 5 nitrogen and oxygen atoms in total. The van der Waals surface area contributed by atoms with Gasteiger partial charge in [0, 0.05) is 37.0 Å². The van der Waals surface area contributed by atoms with E-state index in [2.05, 4.69) is 5.32 Å². The highest BCUT2D eigenvalue weighted by molar-refractivity contribution is 5.94. The van der Waals surface area contributed by atoms with Crippen LogP contribution in [0.3, 0.4) is 0 Å². The number of amides is 1. The molecule has 5 heteroatoms. The Bertz CT molecular complexity index is 925. The molecule has 142 valence electrons. The fraction of sp³-hybridized carbons (Fsp3) is 0.455. The zero-order valence-electron chi connectivity index (χ0n) is 16.0. The number of carbonyl (C=O) groups excluding carboxylic acids is 1. The minimum Gasteiger partial charge on any atom is -0.487 e. The van der Waals surface area contributed by atoms with Crippen LogP contribution in [0.25, 0.3) is 0 Å². The number of aromatic nitrogens is 1. The normalized spacial score (nSPS) is 20.6. The van der Waals surface area contributed by atoms with Crippen molar-refractivity contribution in [3.63, 3.8) is 0 Å². The number of rotatable bonds is 2. The van der Waals surface area contributed by atoms with Gasteiger partial charge in [-0.1, -0.05) is 24.6 Å². The van der Waals surface area contributed by atoms with Crippen molar-refractivity contribution in [3.05, 3.63) is 63.6 Å². The standard InChI is InChI=1S/C22H26N2O3/c1-15-12-19(25)17(14-24(15)2)21(26)23-18-13-22(10-6-3-7-11-22)27-20-9-5-4-8-16(18)20/h4-5,8-9,12,14,18H,3,6-7,10-11,13H2,1-2H3,(H,23,26). The zero-order chi connectivity index (χ0) is 19.0.